The molecule has 2 heteroatoms. The molecule has 0 radical (unpaired) electrons. The highest BCUT2D eigenvalue weighted by molar-refractivity contribution is 6.00. The summed E-state index contributed by atoms with van der Waals surface area (Å²) in [5, 5.41) is 0. The number of carbonyl (C=O) groups is 2. The van der Waals surface area contributed by atoms with Crippen molar-refractivity contribution in [1.29, 1.82) is 0 Å². The van der Waals surface area contributed by atoms with Gasteiger partial charge in [-0.3, -0.25) is 9.59 Å². The summed E-state index contributed by atoms with van der Waals surface area (Å²) in [6.45, 7) is 5.57. The van der Waals surface area contributed by atoms with Crippen molar-refractivity contribution < 1.29 is 9.59 Å². The molecule has 0 aromatic heterocycles. The molecule has 15 heavy (non-hydrogen) atoms. The summed E-state index contributed by atoms with van der Waals surface area (Å²) in [6.07, 6.45) is 0.497. The minimum atomic E-state index is -0.00210. The molecule has 0 saturated carbocycles. The molecule has 0 aliphatic carbocycles. The number of ketones is 2. The average Bonchev–Trinajstić information content (AvgIpc) is 2.27. The van der Waals surface area contributed by atoms with Crippen LogP contribution >= 0.6 is 0 Å². The summed E-state index contributed by atoms with van der Waals surface area (Å²) < 4.78 is 0. The Kier molecular flexibility index (Phi) is 3.78. The molecule has 0 aliphatic heterocycles. The zero-order valence-electron chi connectivity index (χ0n) is 9.41. The van der Waals surface area contributed by atoms with Crippen LogP contribution in [0.4, 0.5) is 0 Å². The van der Waals surface area contributed by atoms with Gasteiger partial charge in [0.05, 0.1) is 0 Å². The Bertz CT molecular complexity index is 361. The smallest absolute Gasteiger partial charge is 0.165 e. The van der Waals surface area contributed by atoms with Gasteiger partial charge in [-0.05, 0) is 0 Å². The van der Waals surface area contributed by atoms with Gasteiger partial charge < -0.3 is 0 Å². The Morgan fingerprint density at radius 2 is 1.53 bits per heavy atom. The van der Waals surface area contributed by atoms with Crippen LogP contribution in [0.15, 0.2) is 24.3 Å². The molecule has 0 unspecified atom stereocenters. The van der Waals surface area contributed by atoms with Gasteiger partial charge in [0, 0.05) is 23.5 Å². The van der Waals surface area contributed by atoms with E-state index in [9.17, 15) is 9.59 Å². The Labute approximate surface area is 90.3 Å². The van der Waals surface area contributed by atoms with Gasteiger partial charge in [0.2, 0.25) is 0 Å². The summed E-state index contributed by atoms with van der Waals surface area (Å²) in [6, 6.07) is 6.90. The molecule has 0 amide bonds. The van der Waals surface area contributed by atoms with E-state index < -0.39 is 0 Å². The Balaban J connectivity index is 2.90. The number of hydrogen-bond donors (Lipinski definition) is 0. The molecule has 2 nitrogen and oxygen atoms in total. The average molecular weight is 204 g/mol. The summed E-state index contributed by atoms with van der Waals surface area (Å²) in [5.41, 5.74) is 1.36. The lowest BCUT2D eigenvalue weighted by atomic mass is 9.99. The standard InChI is InChI=1S/C13H16O2/c1-4-12(14)10-5-7-11(8-6-10)13(15)9(2)3/h5-9H,4H2,1-3H3. The van der Waals surface area contributed by atoms with Crippen molar-refractivity contribution in [3.8, 4) is 0 Å². The highest BCUT2D eigenvalue weighted by Gasteiger charge is 2.10. The Morgan fingerprint density at radius 1 is 1.07 bits per heavy atom. The molecule has 0 spiro atoms. The molecule has 1 aromatic carbocycles. The Morgan fingerprint density at radius 3 is 1.93 bits per heavy atom. The predicted octanol–water partition coefficient (Wildman–Crippen LogP) is 3.12. The molecular formula is C13H16O2. The number of carbonyl (C=O) groups excluding carboxylic acids is 2. The predicted molar refractivity (Wildman–Crippen MR) is 60.2 cm³/mol. The molecule has 1 aromatic rings. The van der Waals surface area contributed by atoms with E-state index in [4.69, 9.17) is 0 Å². The van der Waals surface area contributed by atoms with Crippen molar-refractivity contribution in [3.63, 3.8) is 0 Å². The second-order valence-corrected chi connectivity index (χ2v) is 3.87. The lowest BCUT2D eigenvalue weighted by Gasteiger charge is -2.04. The fourth-order valence-corrected chi connectivity index (χ4v) is 1.36. The first-order chi connectivity index (χ1) is 7.06. The monoisotopic (exact) mass is 204 g/mol. The highest BCUT2D eigenvalue weighted by Crippen LogP contribution is 2.11. The summed E-state index contributed by atoms with van der Waals surface area (Å²) in [5.74, 6) is 0.224. The van der Waals surface area contributed by atoms with E-state index in [0.29, 0.717) is 17.5 Å². The third-order valence-electron chi connectivity index (χ3n) is 2.34. The van der Waals surface area contributed by atoms with Crippen molar-refractivity contribution in [2.24, 2.45) is 5.92 Å². The van der Waals surface area contributed by atoms with Gasteiger partial charge in [-0.2, -0.15) is 0 Å². The lowest BCUT2D eigenvalue weighted by molar-refractivity contribution is 0.0937. The molecule has 0 bridgehead atoms. The van der Waals surface area contributed by atoms with E-state index in [-0.39, 0.29) is 17.5 Å². The minimum absolute atomic E-state index is 0.00210. The molecular weight excluding hydrogens is 188 g/mol. The van der Waals surface area contributed by atoms with Gasteiger partial charge in [0.25, 0.3) is 0 Å². The molecule has 0 heterocycles. The molecule has 0 atom stereocenters. The summed E-state index contributed by atoms with van der Waals surface area (Å²) in [4.78, 5) is 23.0. The maximum Gasteiger partial charge on any atom is 0.165 e. The van der Waals surface area contributed by atoms with Crippen molar-refractivity contribution in [2.75, 3.05) is 0 Å². The third kappa shape index (κ3) is 2.75. The van der Waals surface area contributed by atoms with E-state index in [0.717, 1.165) is 0 Å². The first-order valence-corrected chi connectivity index (χ1v) is 5.23. The SMILES string of the molecule is CCC(=O)c1ccc(C(=O)C(C)C)cc1. The van der Waals surface area contributed by atoms with Gasteiger partial charge in [0.1, 0.15) is 0 Å². The third-order valence-corrected chi connectivity index (χ3v) is 2.34. The molecule has 80 valence electrons. The van der Waals surface area contributed by atoms with Gasteiger partial charge in [0.15, 0.2) is 11.6 Å². The molecule has 0 aliphatic rings. The van der Waals surface area contributed by atoms with Crippen molar-refractivity contribution >= 4 is 11.6 Å². The van der Waals surface area contributed by atoms with Gasteiger partial charge in [-0.25, -0.2) is 0 Å². The highest BCUT2D eigenvalue weighted by atomic mass is 16.1. The quantitative estimate of drug-likeness (QED) is 0.706. The van der Waals surface area contributed by atoms with Crippen molar-refractivity contribution in [3.05, 3.63) is 35.4 Å². The van der Waals surface area contributed by atoms with Crippen LogP contribution in [0.25, 0.3) is 0 Å². The first kappa shape index (κ1) is 11.6. The number of hydrogen-bond acceptors (Lipinski definition) is 2. The molecule has 0 fully saturated rings. The summed E-state index contributed by atoms with van der Waals surface area (Å²) >= 11 is 0. The fourth-order valence-electron chi connectivity index (χ4n) is 1.36. The zero-order chi connectivity index (χ0) is 11.4. The van der Waals surface area contributed by atoms with Crippen LogP contribution in [-0.4, -0.2) is 11.6 Å². The minimum Gasteiger partial charge on any atom is -0.294 e. The largest absolute Gasteiger partial charge is 0.294 e. The second-order valence-electron chi connectivity index (χ2n) is 3.87. The summed E-state index contributed by atoms with van der Waals surface area (Å²) in [7, 11) is 0. The fraction of sp³-hybridized carbons (Fsp3) is 0.385. The van der Waals surface area contributed by atoms with E-state index in [1.54, 1.807) is 24.3 Å². The van der Waals surface area contributed by atoms with E-state index in [1.807, 2.05) is 20.8 Å². The lowest BCUT2D eigenvalue weighted by Crippen LogP contribution is -2.07. The number of Topliss-reactive ketones (excluding diaryl/α,β-unsaturated/α-hetero) is 2. The van der Waals surface area contributed by atoms with Crippen molar-refractivity contribution in [1.82, 2.24) is 0 Å². The molecule has 0 saturated heterocycles. The van der Waals surface area contributed by atoms with Gasteiger partial charge >= 0.3 is 0 Å². The van der Waals surface area contributed by atoms with Crippen LogP contribution in [-0.2, 0) is 0 Å². The number of rotatable bonds is 4. The van der Waals surface area contributed by atoms with Crippen LogP contribution in [0.1, 0.15) is 47.9 Å². The van der Waals surface area contributed by atoms with Crippen LogP contribution in [0.2, 0.25) is 0 Å². The molecule has 1 rings (SSSR count). The van der Waals surface area contributed by atoms with Gasteiger partial charge in [-0.15, -0.1) is 0 Å². The Hall–Kier alpha value is -1.44. The van der Waals surface area contributed by atoms with Crippen LogP contribution in [0.5, 0.6) is 0 Å². The first-order valence-electron chi connectivity index (χ1n) is 5.23. The maximum atomic E-state index is 11.6. The second kappa shape index (κ2) is 4.87. The topological polar surface area (TPSA) is 34.1 Å². The van der Waals surface area contributed by atoms with Crippen LogP contribution < -0.4 is 0 Å². The number of benzene rings is 1. The van der Waals surface area contributed by atoms with E-state index in [2.05, 4.69) is 0 Å². The zero-order valence-corrected chi connectivity index (χ0v) is 9.41. The molecule has 0 N–H and O–H groups in total. The van der Waals surface area contributed by atoms with E-state index >= 15 is 0 Å². The van der Waals surface area contributed by atoms with Crippen LogP contribution in [0, 0.1) is 5.92 Å². The normalized spacial score (nSPS) is 10.4. The van der Waals surface area contributed by atoms with Gasteiger partial charge in [-0.1, -0.05) is 45.0 Å². The van der Waals surface area contributed by atoms with Crippen molar-refractivity contribution in [2.45, 2.75) is 27.2 Å². The van der Waals surface area contributed by atoms with Crippen LogP contribution in [0.3, 0.4) is 0 Å². The maximum absolute atomic E-state index is 11.6. The van der Waals surface area contributed by atoms with E-state index in [1.165, 1.54) is 0 Å².